The number of ether oxygens (including phenoxy) is 1. The average Bonchev–Trinajstić information content (AvgIpc) is 2.34. The van der Waals surface area contributed by atoms with Gasteiger partial charge in [0.15, 0.2) is 5.82 Å². The molecule has 0 N–H and O–H groups in total. The van der Waals surface area contributed by atoms with E-state index in [1.807, 2.05) is 0 Å². The summed E-state index contributed by atoms with van der Waals surface area (Å²) in [5, 5.41) is 0.231. The molecule has 1 heterocycles. The minimum absolute atomic E-state index is 0.172. The highest BCUT2D eigenvalue weighted by molar-refractivity contribution is 9.10. The van der Waals surface area contributed by atoms with E-state index in [4.69, 9.17) is 16.3 Å². The topological polar surface area (TPSA) is 22.1 Å². The van der Waals surface area contributed by atoms with Crippen LogP contribution in [0.15, 0.2) is 28.7 Å². The van der Waals surface area contributed by atoms with Gasteiger partial charge in [-0.1, -0.05) is 17.7 Å². The van der Waals surface area contributed by atoms with Gasteiger partial charge < -0.3 is 4.74 Å². The van der Waals surface area contributed by atoms with E-state index in [1.54, 1.807) is 13.0 Å². The van der Waals surface area contributed by atoms with Crippen LogP contribution in [0.5, 0.6) is 5.88 Å². The Morgan fingerprint density at radius 1 is 1.32 bits per heavy atom. The van der Waals surface area contributed by atoms with Gasteiger partial charge in [-0.25, -0.2) is 13.8 Å². The van der Waals surface area contributed by atoms with Crippen molar-refractivity contribution in [3.8, 4) is 5.88 Å². The maximum absolute atomic E-state index is 13.6. The molecule has 0 aliphatic rings. The van der Waals surface area contributed by atoms with Crippen LogP contribution in [0.3, 0.4) is 0 Å². The molecule has 2 aromatic rings. The quantitative estimate of drug-likeness (QED) is 0.804. The minimum atomic E-state index is -0.620. The van der Waals surface area contributed by atoms with Gasteiger partial charge in [0.25, 0.3) is 5.88 Å². The molecule has 0 fully saturated rings. The number of halogens is 4. The standard InChI is InChI=1S/C13H9BrClF2NO/c1-7-9(14)5-12(17)13(18-7)19-6-8-10(15)3-2-4-11(8)16/h2-5H,6H2,1H3. The number of aryl methyl sites for hydroxylation is 1. The van der Waals surface area contributed by atoms with E-state index in [2.05, 4.69) is 20.9 Å². The molecule has 100 valence electrons. The summed E-state index contributed by atoms with van der Waals surface area (Å²) < 4.78 is 32.8. The van der Waals surface area contributed by atoms with Gasteiger partial charge >= 0.3 is 0 Å². The molecule has 0 bridgehead atoms. The molecule has 1 aromatic heterocycles. The SMILES string of the molecule is Cc1nc(OCc2c(F)cccc2Cl)c(F)cc1Br. The second-order valence-corrected chi connectivity index (χ2v) is 5.09. The fourth-order valence-electron chi connectivity index (χ4n) is 1.45. The highest BCUT2D eigenvalue weighted by Crippen LogP contribution is 2.25. The van der Waals surface area contributed by atoms with Crippen LogP contribution in [-0.4, -0.2) is 4.98 Å². The van der Waals surface area contributed by atoms with Crippen molar-refractivity contribution in [1.82, 2.24) is 4.98 Å². The lowest BCUT2D eigenvalue weighted by Gasteiger charge is -2.09. The van der Waals surface area contributed by atoms with Gasteiger partial charge in [0, 0.05) is 10.0 Å². The van der Waals surface area contributed by atoms with Crippen molar-refractivity contribution in [3.05, 3.63) is 56.7 Å². The first kappa shape index (κ1) is 14.2. The smallest absolute Gasteiger partial charge is 0.251 e. The van der Waals surface area contributed by atoms with Gasteiger partial charge in [0.1, 0.15) is 12.4 Å². The van der Waals surface area contributed by atoms with Crippen molar-refractivity contribution >= 4 is 27.5 Å². The second-order valence-electron chi connectivity index (χ2n) is 3.83. The van der Waals surface area contributed by atoms with Crippen LogP contribution in [0, 0.1) is 18.6 Å². The molecular weight excluding hydrogens is 340 g/mol. The van der Waals surface area contributed by atoms with Gasteiger partial charge in [-0.2, -0.15) is 0 Å². The number of pyridine rings is 1. The van der Waals surface area contributed by atoms with E-state index in [0.717, 1.165) is 0 Å². The third kappa shape index (κ3) is 3.22. The van der Waals surface area contributed by atoms with Gasteiger partial charge in [0.05, 0.1) is 10.7 Å². The molecule has 0 unspecified atom stereocenters. The first-order chi connectivity index (χ1) is 8.99. The molecule has 0 aliphatic heterocycles. The van der Waals surface area contributed by atoms with E-state index < -0.39 is 11.6 Å². The normalized spacial score (nSPS) is 10.6. The van der Waals surface area contributed by atoms with Gasteiger partial charge in [-0.3, -0.25) is 0 Å². The first-order valence-corrected chi connectivity index (χ1v) is 6.54. The monoisotopic (exact) mass is 347 g/mol. The number of hydrogen-bond donors (Lipinski definition) is 0. The van der Waals surface area contributed by atoms with E-state index >= 15 is 0 Å². The molecule has 0 atom stereocenters. The molecule has 19 heavy (non-hydrogen) atoms. The van der Waals surface area contributed by atoms with Crippen LogP contribution in [0.2, 0.25) is 5.02 Å². The van der Waals surface area contributed by atoms with Crippen LogP contribution >= 0.6 is 27.5 Å². The lowest BCUT2D eigenvalue weighted by atomic mass is 10.2. The Kier molecular flexibility index (Phi) is 4.37. The minimum Gasteiger partial charge on any atom is -0.471 e. The Labute approximate surface area is 122 Å². The summed E-state index contributed by atoms with van der Waals surface area (Å²) in [6.07, 6.45) is 0. The van der Waals surface area contributed by atoms with Crippen molar-refractivity contribution in [2.75, 3.05) is 0 Å². The maximum Gasteiger partial charge on any atom is 0.251 e. The number of benzene rings is 1. The van der Waals surface area contributed by atoms with E-state index in [-0.39, 0.29) is 23.1 Å². The molecule has 6 heteroatoms. The molecule has 2 nitrogen and oxygen atoms in total. The van der Waals surface area contributed by atoms with E-state index in [1.165, 1.54) is 18.2 Å². The summed E-state index contributed by atoms with van der Waals surface area (Å²) in [6.45, 7) is 1.52. The van der Waals surface area contributed by atoms with Gasteiger partial charge in [-0.05, 0) is 41.1 Å². The Morgan fingerprint density at radius 3 is 2.74 bits per heavy atom. The van der Waals surface area contributed by atoms with Gasteiger partial charge in [-0.15, -0.1) is 0 Å². The summed E-state index contributed by atoms with van der Waals surface area (Å²) in [6, 6.07) is 5.55. The number of nitrogens with zero attached hydrogens (tertiary/aromatic N) is 1. The Morgan fingerprint density at radius 2 is 2.05 bits per heavy atom. The summed E-state index contributed by atoms with van der Waals surface area (Å²) in [4.78, 5) is 3.94. The molecule has 0 amide bonds. The zero-order valence-corrected chi connectivity index (χ0v) is 12.2. The Balaban J connectivity index is 2.22. The number of aromatic nitrogens is 1. The lowest BCUT2D eigenvalue weighted by Crippen LogP contribution is -2.03. The molecule has 1 aromatic carbocycles. The van der Waals surface area contributed by atoms with Crippen LogP contribution in [-0.2, 0) is 6.61 Å². The second kappa shape index (κ2) is 5.84. The Hall–Kier alpha value is -1.20. The van der Waals surface area contributed by atoms with Crippen molar-refractivity contribution in [3.63, 3.8) is 0 Å². The molecule has 0 saturated carbocycles. The van der Waals surface area contributed by atoms with Crippen LogP contribution < -0.4 is 4.74 Å². The van der Waals surface area contributed by atoms with Crippen molar-refractivity contribution in [2.24, 2.45) is 0 Å². The predicted octanol–water partition coefficient (Wildman–Crippen LogP) is 4.66. The lowest BCUT2D eigenvalue weighted by molar-refractivity contribution is 0.271. The third-order valence-corrected chi connectivity index (χ3v) is 3.64. The van der Waals surface area contributed by atoms with Crippen molar-refractivity contribution in [2.45, 2.75) is 13.5 Å². The summed E-state index contributed by atoms with van der Waals surface area (Å²) >= 11 is 9.01. The fraction of sp³-hybridized carbons (Fsp3) is 0.154. The van der Waals surface area contributed by atoms with E-state index in [9.17, 15) is 8.78 Å². The zero-order valence-electron chi connectivity index (χ0n) is 9.88. The first-order valence-electron chi connectivity index (χ1n) is 5.37. The fourth-order valence-corrected chi connectivity index (χ4v) is 1.96. The molecule has 0 spiro atoms. The highest BCUT2D eigenvalue weighted by Gasteiger charge is 2.12. The molecule has 0 saturated heterocycles. The van der Waals surface area contributed by atoms with Crippen LogP contribution in [0.25, 0.3) is 0 Å². The number of hydrogen-bond acceptors (Lipinski definition) is 2. The molecule has 0 aliphatic carbocycles. The summed E-state index contributed by atoms with van der Waals surface area (Å²) in [7, 11) is 0. The molecule has 2 rings (SSSR count). The van der Waals surface area contributed by atoms with E-state index in [0.29, 0.717) is 10.2 Å². The van der Waals surface area contributed by atoms with Crippen molar-refractivity contribution < 1.29 is 13.5 Å². The highest BCUT2D eigenvalue weighted by atomic mass is 79.9. The summed E-state index contributed by atoms with van der Waals surface area (Å²) in [5.41, 5.74) is 0.752. The number of rotatable bonds is 3. The summed E-state index contributed by atoms with van der Waals surface area (Å²) in [5.74, 6) is -1.30. The van der Waals surface area contributed by atoms with Crippen LogP contribution in [0.1, 0.15) is 11.3 Å². The molecular formula is C13H9BrClF2NO. The maximum atomic E-state index is 13.6. The molecule has 0 radical (unpaired) electrons. The van der Waals surface area contributed by atoms with Crippen LogP contribution in [0.4, 0.5) is 8.78 Å². The Bertz CT molecular complexity index is 602. The largest absolute Gasteiger partial charge is 0.471 e. The van der Waals surface area contributed by atoms with Gasteiger partial charge in [0.2, 0.25) is 0 Å². The van der Waals surface area contributed by atoms with Crippen molar-refractivity contribution in [1.29, 1.82) is 0 Å². The third-order valence-electron chi connectivity index (χ3n) is 2.49. The average molecular weight is 349 g/mol. The predicted molar refractivity (Wildman–Crippen MR) is 72.4 cm³/mol. The zero-order chi connectivity index (χ0) is 14.0.